The number of rotatable bonds is 1. The van der Waals surface area contributed by atoms with Crippen molar-refractivity contribution in [2.75, 3.05) is 6.61 Å². The molecule has 1 rings (SSSR count). The summed E-state index contributed by atoms with van der Waals surface area (Å²) in [6, 6.07) is 0. The molecule has 1 heterocycles. The molecule has 54 valence electrons. The highest BCUT2D eigenvalue weighted by molar-refractivity contribution is 6.19. The average Bonchev–Trinajstić information content (AvgIpc) is 2.10. The summed E-state index contributed by atoms with van der Waals surface area (Å²) in [5, 5.41) is 17.5. The van der Waals surface area contributed by atoms with Crippen LogP contribution in [0.4, 0.5) is 0 Å². The maximum atomic E-state index is 8.99. The van der Waals surface area contributed by atoms with Crippen molar-refractivity contribution in [1.82, 2.24) is 0 Å². The Bertz CT molecular complexity index is 98.2. The number of halogens is 1. The average molecular weight is 153 g/mol. The van der Waals surface area contributed by atoms with E-state index in [2.05, 4.69) is 0 Å². The smallest absolute Gasteiger partial charge is 0.134 e. The van der Waals surface area contributed by atoms with Gasteiger partial charge in [-0.25, -0.2) is 0 Å². The Morgan fingerprint density at radius 2 is 2.33 bits per heavy atom. The largest absolute Gasteiger partial charge is 0.394 e. The van der Waals surface area contributed by atoms with Crippen LogP contribution in [0.2, 0.25) is 0 Å². The van der Waals surface area contributed by atoms with Gasteiger partial charge in [0.15, 0.2) is 0 Å². The summed E-state index contributed by atoms with van der Waals surface area (Å²) in [5.41, 5.74) is -0.433. The molecular weight excluding hydrogens is 144 g/mol. The molecule has 0 saturated carbocycles. The van der Waals surface area contributed by atoms with Crippen LogP contribution in [0.5, 0.6) is 0 Å². The minimum absolute atomic E-state index is 0.162. The molecule has 9 heavy (non-hydrogen) atoms. The topological polar surface area (TPSA) is 49.7 Å². The molecule has 3 nitrogen and oxygen atoms in total. The van der Waals surface area contributed by atoms with Gasteiger partial charge >= 0.3 is 0 Å². The normalized spacial score (nSPS) is 43.7. The molecule has 0 radical (unpaired) electrons. The fourth-order valence-electron chi connectivity index (χ4n) is 0.842. The number of aliphatic hydroxyl groups excluding tert-OH is 2. The van der Waals surface area contributed by atoms with E-state index >= 15 is 0 Å². The molecule has 1 aliphatic rings. The van der Waals surface area contributed by atoms with E-state index in [-0.39, 0.29) is 6.61 Å². The zero-order chi connectivity index (χ0) is 6.85. The lowest BCUT2D eigenvalue weighted by Gasteiger charge is -2.08. The van der Waals surface area contributed by atoms with Gasteiger partial charge in [0.25, 0.3) is 0 Å². The van der Waals surface area contributed by atoms with Crippen molar-refractivity contribution in [3.63, 3.8) is 0 Å². The summed E-state index contributed by atoms with van der Waals surface area (Å²) in [6.07, 6.45) is -0.669. The first-order valence-electron chi connectivity index (χ1n) is 2.82. The second-order valence-corrected chi connectivity index (χ2v) is 2.56. The van der Waals surface area contributed by atoms with Gasteiger partial charge in [0.1, 0.15) is 11.7 Å². The minimum atomic E-state index is -0.600. The lowest BCUT2D eigenvalue weighted by molar-refractivity contribution is -0.00394. The maximum absolute atomic E-state index is 8.99. The first kappa shape index (κ1) is 7.28. The Balaban J connectivity index is 2.38. The number of ether oxygens (including phenoxy) is 1. The van der Waals surface area contributed by atoms with Crippen molar-refractivity contribution in [1.29, 1.82) is 0 Å². The van der Waals surface area contributed by atoms with Crippen LogP contribution >= 0.6 is 11.6 Å². The predicted octanol–water partition coefficient (Wildman–Crippen LogP) is -0.307. The Morgan fingerprint density at radius 1 is 1.67 bits per heavy atom. The Labute approximate surface area is 58.2 Å². The van der Waals surface area contributed by atoms with Crippen molar-refractivity contribution in [3.05, 3.63) is 0 Å². The second kappa shape index (κ2) is 2.84. The number of hydrogen-bond donors (Lipinski definition) is 2. The molecule has 0 aromatic heterocycles. The second-order valence-electron chi connectivity index (χ2n) is 2.07. The van der Waals surface area contributed by atoms with Gasteiger partial charge in [0.2, 0.25) is 0 Å². The van der Waals surface area contributed by atoms with Gasteiger partial charge in [-0.15, -0.1) is 0 Å². The third-order valence-corrected chi connectivity index (χ3v) is 1.64. The van der Waals surface area contributed by atoms with Crippen molar-refractivity contribution in [3.8, 4) is 0 Å². The van der Waals surface area contributed by atoms with Gasteiger partial charge in [0, 0.05) is 6.42 Å². The van der Waals surface area contributed by atoms with Gasteiger partial charge in [-0.2, -0.15) is 0 Å². The molecule has 1 fully saturated rings. The van der Waals surface area contributed by atoms with E-state index in [4.69, 9.17) is 26.6 Å². The highest BCUT2D eigenvalue weighted by Gasteiger charge is 2.31. The first-order valence-corrected chi connectivity index (χ1v) is 3.26. The maximum Gasteiger partial charge on any atom is 0.134 e. The molecule has 0 aromatic rings. The fraction of sp³-hybridized carbons (Fsp3) is 1.00. The van der Waals surface area contributed by atoms with E-state index in [0.717, 1.165) is 0 Å². The van der Waals surface area contributed by atoms with E-state index in [1.807, 2.05) is 0 Å². The van der Waals surface area contributed by atoms with E-state index in [0.29, 0.717) is 6.42 Å². The quantitative estimate of drug-likeness (QED) is 0.507. The van der Waals surface area contributed by atoms with Crippen LogP contribution < -0.4 is 0 Å². The molecule has 0 amide bonds. The third-order valence-electron chi connectivity index (χ3n) is 1.36. The Kier molecular flexibility index (Phi) is 2.29. The van der Waals surface area contributed by atoms with E-state index < -0.39 is 17.8 Å². The molecule has 0 spiro atoms. The monoisotopic (exact) mass is 152 g/mol. The van der Waals surface area contributed by atoms with E-state index in [1.54, 1.807) is 0 Å². The van der Waals surface area contributed by atoms with Crippen LogP contribution in [0.15, 0.2) is 0 Å². The number of hydrogen-bond acceptors (Lipinski definition) is 3. The summed E-state index contributed by atoms with van der Waals surface area (Å²) in [7, 11) is 0. The fourth-order valence-corrected chi connectivity index (χ4v) is 1.16. The van der Waals surface area contributed by atoms with Gasteiger partial charge in [-0.3, -0.25) is 0 Å². The molecule has 1 aliphatic heterocycles. The highest BCUT2D eigenvalue weighted by atomic mass is 35.5. The molecular formula is C5H9ClO3. The number of aliphatic hydroxyl groups is 2. The summed E-state index contributed by atoms with van der Waals surface area (Å²) in [5.74, 6) is 0. The SMILES string of the molecule is OC[C@H]1O[C@@H](Cl)CC1O. The summed E-state index contributed by atoms with van der Waals surface area (Å²) >= 11 is 5.49. The lowest BCUT2D eigenvalue weighted by atomic mass is 10.2. The van der Waals surface area contributed by atoms with Crippen LogP contribution in [-0.2, 0) is 4.74 Å². The van der Waals surface area contributed by atoms with Gasteiger partial charge < -0.3 is 14.9 Å². The molecule has 3 atom stereocenters. The molecule has 4 heteroatoms. The van der Waals surface area contributed by atoms with E-state index in [9.17, 15) is 0 Å². The van der Waals surface area contributed by atoms with Crippen LogP contribution in [0, 0.1) is 0 Å². The number of alkyl halides is 1. The third kappa shape index (κ3) is 1.55. The zero-order valence-corrected chi connectivity index (χ0v) is 5.58. The van der Waals surface area contributed by atoms with E-state index in [1.165, 1.54) is 0 Å². The summed E-state index contributed by atoms with van der Waals surface area (Å²) in [6.45, 7) is -0.162. The van der Waals surface area contributed by atoms with Crippen LogP contribution in [0.1, 0.15) is 6.42 Å². The van der Waals surface area contributed by atoms with Crippen molar-refractivity contribution >= 4 is 11.6 Å². The molecule has 1 saturated heterocycles. The van der Waals surface area contributed by atoms with Gasteiger partial charge in [-0.1, -0.05) is 11.6 Å². The van der Waals surface area contributed by atoms with Gasteiger partial charge in [0.05, 0.1) is 12.7 Å². The first-order chi connectivity index (χ1) is 4.24. The van der Waals surface area contributed by atoms with Crippen LogP contribution in [0.3, 0.4) is 0 Å². The molecule has 2 N–H and O–H groups in total. The van der Waals surface area contributed by atoms with Crippen LogP contribution in [0.25, 0.3) is 0 Å². The molecule has 0 bridgehead atoms. The zero-order valence-electron chi connectivity index (χ0n) is 4.83. The summed E-state index contributed by atoms with van der Waals surface area (Å²) < 4.78 is 4.89. The van der Waals surface area contributed by atoms with Crippen LogP contribution in [-0.4, -0.2) is 34.6 Å². The molecule has 1 unspecified atom stereocenters. The van der Waals surface area contributed by atoms with Gasteiger partial charge in [-0.05, 0) is 0 Å². The highest BCUT2D eigenvalue weighted by Crippen LogP contribution is 2.22. The predicted molar refractivity (Wildman–Crippen MR) is 32.2 cm³/mol. The van der Waals surface area contributed by atoms with Crippen molar-refractivity contribution < 1.29 is 14.9 Å². The van der Waals surface area contributed by atoms with Crippen molar-refractivity contribution in [2.24, 2.45) is 0 Å². The molecule has 0 aromatic carbocycles. The molecule has 0 aliphatic carbocycles. The lowest BCUT2D eigenvalue weighted by Crippen LogP contribution is -2.24. The Morgan fingerprint density at radius 3 is 2.56 bits per heavy atom. The summed E-state index contributed by atoms with van der Waals surface area (Å²) in [4.78, 5) is 0. The minimum Gasteiger partial charge on any atom is -0.394 e. The van der Waals surface area contributed by atoms with Crippen molar-refractivity contribution in [2.45, 2.75) is 24.2 Å². The Hall–Kier alpha value is 0.170. The standard InChI is InChI=1S/C5H9ClO3/c6-5-1-3(8)4(2-7)9-5/h3-5,7-8H,1-2H2/t3?,4-,5-/m1/s1.